The van der Waals surface area contributed by atoms with E-state index in [-0.39, 0.29) is 6.04 Å². The van der Waals surface area contributed by atoms with Crippen LogP contribution in [0.15, 0.2) is 54.7 Å². The fourth-order valence-electron chi connectivity index (χ4n) is 4.12. The molecule has 0 radical (unpaired) electrons. The Morgan fingerprint density at radius 3 is 2.60 bits per heavy atom. The summed E-state index contributed by atoms with van der Waals surface area (Å²) in [6.07, 6.45) is 2.12. The van der Waals surface area contributed by atoms with E-state index in [1.807, 2.05) is 18.2 Å². The summed E-state index contributed by atoms with van der Waals surface area (Å²) in [5.41, 5.74) is 5.65. The Hall–Kier alpha value is -2.99. The van der Waals surface area contributed by atoms with Crippen LogP contribution in [-0.4, -0.2) is 35.3 Å². The highest BCUT2D eigenvalue weighted by molar-refractivity contribution is 7.80. The fraction of sp³-hybridized carbons (Fsp3) is 0.292. The van der Waals surface area contributed by atoms with Crippen LogP contribution in [0.2, 0.25) is 0 Å². The Bertz CT molecular complexity index is 1080. The van der Waals surface area contributed by atoms with Gasteiger partial charge in [-0.2, -0.15) is 0 Å². The maximum absolute atomic E-state index is 5.90. The SMILES string of the molecule is COc1ccc(OC)c([C@@H]2c3cccn3CCN2C(=S)Nc2ccc(C)cc2C)c1. The predicted molar refractivity (Wildman–Crippen MR) is 125 cm³/mol. The molecule has 0 amide bonds. The van der Waals surface area contributed by atoms with E-state index in [9.17, 15) is 0 Å². The van der Waals surface area contributed by atoms with Crippen molar-refractivity contribution < 1.29 is 9.47 Å². The number of thiocarbonyl (C=S) groups is 1. The molecule has 0 aliphatic carbocycles. The minimum Gasteiger partial charge on any atom is -0.497 e. The molecule has 2 aromatic carbocycles. The van der Waals surface area contributed by atoms with E-state index in [0.717, 1.165) is 35.8 Å². The second-order valence-corrected chi connectivity index (χ2v) is 7.97. The minimum atomic E-state index is -0.0791. The maximum atomic E-state index is 5.90. The van der Waals surface area contributed by atoms with Gasteiger partial charge in [-0.1, -0.05) is 17.7 Å². The van der Waals surface area contributed by atoms with Gasteiger partial charge in [-0.05, 0) is 68.0 Å². The van der Waals surface area contributed by atoms with Crippen LogP contribution in [0.5, 0.6) is 11.5 Å². The number of anilines is 1. The zero-order chi connectivity index (χ0) is 21.3. The molecule has 0 fully saturated rings. The first-order valence-electron chi connectivity index (χ1n) is 10.0. The summed E-state index contributed by atoms with van der Waals surface area (Å²) in [5.74, 6) is 1.61. The molecule has 5 nitrogen and oxygen atoms in total. The summed E-state index contributed by atoms with van der Waals surface area (Å²) in [6.45, 7) is 5.87. The highest BCUT2D eigenvalue weighted by Gasteiger charge is 2.33. The van der Waals surface area contributed by atoms with Crippen molar-refractivity contribution in [2.75, 3.05) is 26.1 Å². The second-order valence-electron chi connectivity index (χ2n) is 7.58. The molecule has 1 atom stereocenters. The van der Waals surface area contributed by atoms with Crippen LogP contribution in [0, 0.1) is 13.8 Å². The zero-order valence-electron chi connectivity index (χ0n) is 17.8. The molecule has 0 unspecified atom stereocenters. The molecule has 4 rings (SSSR count). The van der Waals surface area contributed by atoms with Gasteiger partial charge >= 0.3 is 0 Å². The van der Waals surface area contributed by atoms with E-state index in [4.69, 9.17) is 21.7 Å². The highest BCUT2D eigenvalue weighted by atomic mass is 32.1. The number of methoxy groups -OCH3 is 2. The Balaban J connectivity index is 1.75. The maximum Gasteiger partial charge on any atom is 0.174 e. The third-order valence-electron chi connectivity index (χ3n) is 5.65. The van der Waals surface area contributed by atoms with Crippen LogP contribution >= 0.6 is 12.2 Å². The molecule has 156 valence electrons. The predicted octanol–water partition coefficient (Wildman–Crippen LogP) is 4.92. The normalized spacial score (nSPS) is 15.5. The Labute approximate surface area is 183 Å². The first-order valence-corrected chi connectivity index (χ1v) is 10.4. The molecule has 0 spiro atoms. The fourth-order valence-corrected chi connectivity index (χ4v) is 4.43. The van der Waals surface area contributed by atoms with Crippen molar-refractivity contribution in [1.82, 2.24) is 9.47 Å². The lowest BCUT2D eigenvalue weighted by Crippen LogP contribution is -2.44. The van der Waals surface area contributed by atoms with Gasteiger partial charge in [0.25, 0.3) is 0 Å². The molecule has 1 aromatic heterocycles. The van der Waals surface area contributed by atoms with E-state index in [1.165, 1.54) is 16.8 Å². The van der Waals surface area contributed by atoms with Crippen LogP contribution < -0.4 is 14.8 Å². The van der Waals surface area contributed by atoms with Crippen molar-refractivity contribution in [3.05, 3.63) is 77.1 Å². The van der Waals surface area contributed by atoms with Crippen LogP contribution in [-0.2, 0) is 6.54 Å². The monoisotopic (exact) mass is 421 g/mol. The van der Waals surface area contributed by atoms with Gasteiger partial charge in [0.1, 0.15) is 17.5 Å². The van der Waals surface area contributed by atoms with Crippen molar-refractivity contribution in [1.29, 1.82) is 0 Å². The lowest BCUT2D eigenvalue weighted by Gasteiger charge is -2.39. The summed E-state index contributed by atoms with van der Waals surface area (Å²) in [4.78, 5) is 2.24. The van der Waals surface area contributed by atoms with E-state index >= 15 is 0 Å². The molecule has 2 heterocycles. The third-order valence-corrected chi connectivity index (χ3v) is 5.99. The summed E-state index contributed by atoms with van der Waals surface area (Å²) >= 11 is 5.90. The summed E-state index contributed by atoms with van der Waals surface area (Å²) in [6, 6.07) is 16.4. The quantitative estimate of drug-likeness (QED) is 0.605. The number of hydrogen-bond acceptors (Lipinski definition) is 3. The average molecular weight is 422 g/mol. The van der Waals surface area contributed by atoms with Gasteiger partial charge in [0, 0.05) is 36.2 Å². The van der Waals surface area contributed by atoms with Gasteiger partial charge in [0.2, 0.25) is 0 Å². The summed E-state index contributed by atoms with van der Waals surface area (Å²) in [5, 5.41) is 4.17. The number of hydrogen-bond donors (Lipinski definition) is 1. The van der Waals surface area contributed by atoms with Crippen molar-refractivity contribution in [2.45, 2.75) is 26.4 Å². The lowest BCUT2D eigenvalue weighted by molar-refractivity contribution is 0.284. The molecule has 1 N–H and O–H groups in total. The van der Waals surface area contributed by atoms with E-state index in [1.54, 1.807) is 14.2 Å². The zero-order valence-corrected chi connectivity index (χ0v) is 18.6. The van der Waals surface area contributed by atoms with Crippen LogP contribution in [0.1, 0.15) is 28.4 Å². The molecule has 1 aliphatic heterocycles. The third kappa shape index (κ3) is 3.75. The van der Waals surface area contributed by atoms with Gasteiger partial charge in [-0.15, -0.1) is 0 Å². The Morgan fingerprint density at radius 2 is 1.87 bits per heavy atom. The van der Waals surface area contributed by atoms with Crippen LogP contribution in [0.3, 0.4) is 0 Å². The molecule has 0 saturated carbocycles. The number of aromatic nitrogens is 1. The van der Waals surface area contributed by atoms with Gasteiger partial charge in [-0.25, -0.2) is 0 Å². The molecular formula is C24H27N3O2S. The van der Waals surface area contributed by atoms with E-state index in [0.29, 0.717) is 5.11 Å². The van der Waals surface area contributed by atoms with E-state index in [2.05, 4.69) is 65.2 Å². The molecule has 6 heteroatoms. The first kappa shape index (κ1) is 20.3. The Morgan fingerprint density at radius 1 is 1.03 bits per heavy atom. The summed E-state index contributed by atoms with van der Waals surface area (Å²) < 4.78 is 13.5. The van der Waals surface area contributed by atoms with Crippen molar-refractivity contribution in [2.24, 2.45) is 0 Å². The summed E-state index contributed by atoms with van der Waals surface area (Å²) in [7, 11) is 3.38. The standard InChI is InChI=1S/C24H27N3O2S/c1-16-7-9-20(17(2)14-16)25-24(30)27-13-12-26-11-5-6-21(26)23(27)19-15-18(28-3)8-10-22(19)29-4/h5-11,14-15,23H,12-13H2,1-4H3,(H,25,30)/t23-/m1/s1. The smallest absolute Gasteiger partial charge is 0.174 e. The number of fused-ring (bicyclic) bond motifs is 1. The van der Waals surface area contributed by atoms with Gasteiger partial charge in [-0.3, -0.25) is 0 Å². The Kier molecular flexibility index (Phi) is 5.68. The molecule has 3 aromatic rings. The van der Waals surface area contributed by atoms with Crippen molar-refractivity contribution in [3.63, 3.8) is 0 Å². The van der Waals surface area contributed by atoms with Gasteiger partial charge in [0.05, 0.1) is 14.2 Å². The molecular weight excluding hydrogens is 394 g/mol. The highest BCUT2D eigenvalue weighted by Crippen LogP contribution is 2.39. The number of ether oxygens (including phenoxy) is 2. The number of nitrogens with zero attached hydrogens (tertiary/aromatic N) is 2. The largest absolute Gasteiger partial charge is 0.497 e. The van der Waals surface area contributed by atoms with Crippen molar-refractivity contribution >= 4 is 23.0 Å². The second kappa shape index (κ2) is 8.40. The topological polar surface area (TPSA) is 38.7 Å². The number of benzene rings is 2. The average Bonchev–Trinajstić information content (AvgIpc) is 3.23. The number of aryl methyl sites for hydroxylation is 2. The molecule has 0 saturated heterocycles. The van der Waals surface area contributed by atoms with Crippen molar-refractivity contribution in [3.8, 4) is 11.5 Å². The van der Waals surface area contributed by atoms with Gasteiger partial charge in [0.15, 0.2) is 5.11 Å². The molecule has 1 aliphatic rings. The van der Waals surface area contributed by atoms with Gasteiger partial charge < -0.3 is 24.3 Å². The van der Waals surface area contributed by atoms with Crippen LogP contribution in [0.25, 0.3) is 0 Å². The molecule has 0 bridgehead atoms. The number of nitrogens with one attached hydrogen (secondary N) is 1. The minimum absolute atomic E-state index is 0.0791. The first-order chi connectivity index (χ1) is 14.5. The number of rotatable bonds is 4. The lowest BCUT2D eigenvalue weighted by atomic mass is 9.98. The van der Waals surface area contributed by atoms with E-state index < -0.39 is 0 Å². The van der Waals surface area contributed by atoms with Crippen LogP contribution in [0.4, 0.5) is 5.69 Å². The molecule has 30 heavy (non-hydrogen) atoms.